The summed E-state index contributed by atoms with van der Waals surface area (Å²) in [6, 6.07) is 11.2. The van der Waals surface area contributed by atoms with Gasteiger partial charge in [0.15, 0.2) is 0 Å². The van der Waals surface area contributed by atoms with Crippen molar-refractivity contribution in [2.24, 2.45) is 5.41 Å². The van der Waals surface area contributed by atoms with Gasteiger partial charge in [0, 0.05) is 31.4 Å². The van der Waals surface area contributed by atoms with Crippen LogP contribution < -0.4 is 0 Å². The summed E-state index contributed by atoms with van der Waals surface area (Å²) in [4.78, 5) is 5.30. The molecule has 0 aliphatic carbocycles. The SMILES string of the molecule is C=CCn1cc(CN2CCC3(CC2)C[C@H](c2ccccc2)CN(CC)C3)cn1. The summed E-state index contributed by atoms with van der Waals surface area (Å²) in [6.07, 6.45) is 10.0. The van der Waals surface area contributed by atoms with E-state index in [9.17, 15) is 0 Å². The van der Waals surface area contributed by atoms with E-state index in [0.29, 0.717) is 11.3 Å². The van der Waals surface area contributed by atoms with Crippen LogP contribution >= 0.6 is 0 Å². The fourth-order valence-electron chi connectivity index (χ4n) is 5.22. The molecule has 2 aromatic rings. The predicted octanol–water partition coefficient (Wildman–Crippen LogP) is 4.16. The van der Waals surface area contributed by atoms with Gasteiger partial charge in [0.05, 0.1) is 12.7 Å². The number of hydrogen-bond donors (Lipinski definition) is 0. The van der Waals surface area contributed by atoms with Crippen molar-refractivity contribution in [3.05, 3.63) is 66.5 Å². The number of piperidine rings is 2. The molecular formula is C24H34N4. The molecule has 150 valence electrons. The molecule has 1 aromatic carbocycles. The average Bonchev–Trinajstić information content (AvgIpc) is 3.17. The Hall–Kier alpha value is -1.91. The Bertz CT molecular complexity index is 758. The van der Waals surface area contributed by atoms with Crippen molar-refractivity contribution in [2.45, 2.75) is 45.2 Å². The molecule has 1 atom stereocenters. The number of rotatable bonds is 6. The van der Waals surface area contributed by atoms with Crippen molar-refractivity contribution in [1.82, 2.24) is 19.6 Å². The molecule has 0 radical (unpaired) electrons. The van der Waals surface area contributed by atoms with Crippen molar-refractivity contribution >= 4 is 0 Å². The van der Waals surface area contributed by atoms with Gasteiger partial charge in [-0.05, 0) is 55.8 Å². The van der Waals surface area contributed by atoms with Gasteiger partial charge in [0.2, 0.25) is 0 Å². The molecule has 2 fully saturated rings. The largest absolute Gasteiger partial charge is 0.302 e. The summed E-state index contributed by atoms with van der Waals surface area (Å²) in [5.41, 5.74) is 3.33. The smallest absolute Gasteiger partial charge is 0.0587 e. The van der Waals surface area contributed by atoms with Gasteiger partial charge in [-0.2, -0.15) is 5.10 Å². The lowest BCUT2D eigenvalue weighted by Crippen LogP contribution is -2.51. The minimum atomic E-state index is 0.484. The second-order valence-corrected chi connectivity index (χ2v) is 8.77. The molecule has 0 N–H and O–H groups in total. The van der Waals surface area contributed by atoms with E-state index in [4.69, 9.17) is 0 Å². The van der Waals surface area contributed by atoms with Crippen LogP contribution in [0.15, 0.2) is 55.4 Å². The first-order valence-electron chi connectivity index (χ1n) is 10.8. The second kappa shape index (κ2) is 8.62. The van der Waals surface area contributed by atoms with E-state index < -0.39 is 0 Å². The maximum atomic E-state index is 4.43. The van der Waals surface area contributed by atoms with Gasteiger partial charge in [0.1, 0.15) is 0 Å². The Morgan fingerprint density at radius 2 is 1.96 bits per heavy atom. The Labute approximate surface area is 169 Å². The van der Waals surface area contributed by atoms with Gasteiger partial charge in [-0.1, -0.05) is 43.3 Å². The Kier molecular flexibility index (Phi) is 5.98. The molecule has 0 amide bonds. The molecule has 1 aromatic heterocycles. The van der Waals surface area contributed by atoms with Crippen LogP contribution in [0, 0.1) is 5.41 Å². The fourth-order valence-corrected chi connectivity index (χ4v) is 5.22. The van der Waals surface area contributed by atoms with Crippen LogP contribution in [0.4, 0.5) is 0 Å². The first-order valence-corrected chi connectivity index (χ1v) is 10.8. The Morgan fingerprint density at radius 1 is 1.18 bits per heavy atom. The van der Waals surface area contributed by atoms with E-state index in [1.54, 1.807) is 0 Å². The standard InChI is InChI=1S/C24H34N4/c1-3-12-28-18-21(16-25-28)17-27-13-10-24(11-14-27)15-23(19-26(4-2)20-24)22-8-6-5-7-9-22/h3,5-9,16,18,23H,1,4,10-15,17,19-20H2,2H3/t23-/m0/s1. The van der Waals surface area contributed by atoms with Crippen LogP contribution in [-0.4, -0.2) is 52.3 Å². The third-order valence-electron chi connectivity index (χ3n) is 6.76. The Balaban J connectivity index is 1.39. The highest BCUT2D eigenvalue weighted by Gasteiger charge is 2.41. The lowest BCUT2D eigenvalue weighted by atomic mass is 9.68. The lowest BCUT2D eigenvalue weighted by Gasteiger charge is -2.50. The summed E-state index contributed by atoms with van der Waals surface area (Å²) in [7, 11) is 0. The maximum Gasteiger partial charge on any atom is 0.0587 e. The summed E-state index contributed by atoms with van der Waals surface area (Å²) < 4.78 is 1.97. The van der Waals surface area contributed by atoms with E-state index in [-0.39, 0.29) is 0 Å². The quantitative estimate of drug-likeness (QED) is 0.706. The molecule has 0 saturated carbocycles. The van der Waals surface area contributed by atoms with E-state index in [2.05, 4.69) is 64.9 Å². The van der Waals surface area contributed by atoms with Crippen LogP contribution in [0.5, 0.6) is 0 Å². The second-order valence-electron chi connectivity index (χ2n) is 8.77. The van der Waals surface area contributed by atoms with Gasteiger partial charge in [-0.25, -0.2) is 0 Å². The summed E-state index contributed by atoms with van der Waals surface area (Å²) in [5, 5.41) is 4.43. The van der Waals surface area contributed by atoms with Crippen molar-refractivity contribution < 1.29 is 0 Å². The third-order valence-corrected chi connectivity index (χ3v) is 6.76. The van der Waals surface area contributed by atoms with Crippen LogP contribution in [0.1, 0.15) is 43.2 Å². The number of hydrogen-bond acceptors (Lipinski definition) is 3. The predicted molar refractivity (Wildman–Crippen MR) is 115 cm³/mol. The highest BCUT2D eigenvalue weighted by atomic mass is 15.3. The molecule has 2 aliphatic heterocycles. The zero-order valence-electron chi connectivity index (χ0n) is 17.3. The molecule has 2 saturated heterocycles. The van der Waals surface area contributed by atoms with Crippen molar-refractivity contribution in [3.63, 3.8) is 0 Å². The Morgan fingerprint density at radius 3 is 2.68 bits per heavy atom. The molecule has 4 nitrogen and oxygen atoms in total. The number of nitrogens with zero attached hydrogens (tertiary/aromatic N) is 4. The molecule has 0 bridgehead atoms. The molecule has 28 heavy (non-hydrogen) atoms. The first-order chi connectivity index (χ1) is 13.7. The summed E-state index contributed by atoms with van der Waals surface area (Å²) in [5.74, 6) is 0.679. The molecular weight excluding hydrogens is 344 g/mol. The van der Waals surface area contributed by atoms with E-state index >= 15 is 0 Å². The average molecular weight is 379 g/mol. The highest BCUT2D eigenvalue weighted by Crippen LogP contribution is 2.45. The molecule has 0 unspecified atom stereocenters. The zero-order valence-corrected chi connectivity index (χ0v) is 17.3. The van der Waals surface area contributed by atoms with Gasteiger partial charge in [-0.3, -0.25) is 9.58 Å². The molecule has 4 rings (SSSR count). The summed E-state index contributed by atoms with van der Waals surface area (Å²) >= 11 is 0. The van der Waals surface area contributed by atoms with E-state index in [1.807, 2.05) is 17.0 Å². The summed E-state index contributed by atoms with van der Waals surface area (Å²) in [6.45, 7) is 14.0. The molecule has 4 heteroatoms. The number of likely N-dealkylation sites (N-methyl/N-ethyl adjacent to an activating group) is 1. The zero-order chi connectivity index (χ0) is 19.4. The number of likely N-dealkylation sites (tertiary alicyclic amines) is 2. The van der Waals surface area contributed by atoms with Crippen molar-refractivity contribution in [2.75, 3.05) is 32.7 Å². The lowest BCUT2D eigenvalue weighted by molar-refractivity contribution is 0.0138. The maximum absolute atomic E-state index is 4.43. The van der Waals surface area contributed by atoms with Gasteiger partial charge < -0.3 is 4.90 Å². The van der Waals surface area contributed by atoms with Crippen molar-refractivity contribution in [3.8, 4) is 0 Å². The highest BCUT2D eigenvalue weighted by molar-refractivity contribution is 5.21. The number of benzene rings is 1. The molecule has 2 aliphatic rings. The van der Waals surface area contributed by atoms with Crippen LogP contribution in [-0.2, 0) is 13.1 Å². The van der Waals surface area contributed by atoms with Gasteiger partial charge in [-0.15, -0.1) is 6.58 Å². The fraction of sp³-hybridized carbons (Fsp3) is 0.542. The van der Waals surface area contributed by atoms with Gasteiger partial charge >= 0.3 is 0 Å². The minimum absolute atomic E-state index is 0.484. The molecule has 1 spiro atoms. The van der Waals surface area contributed by atoms with Gasteiger partial charge in [0.25, 0.3) is 0 Å². The van der Waals surface area contributed by atoms with Crippen LogP contribution in [0.3, 0.4) is 0 Å². The van der Waals surface area contributed by atoms with Crippen LogP contribution in [0.25, 0.3) is 0 Å². The monoisotopic (exact) mass is 378 g/mol. The van der Waals surface area contributed by atoms with E-state index in [0.717, 1.165) is 19.6 Å². The normalized spacial score (nSPS) is 23.1. The number of aromatic nitrogens is 2. The van der Waals surface area contributed by atoms with E-state index in [1.165, 1.54) is 56.6 Å². The number of allylic oxidation sites excluding steroid dienone is 1. The molecule has 3 heterocycles. The first kappa shape index (κ1) is 19.4. The topological polar surface area (TPSA) is 24.3 Å². The third kappa shape index (κ3) is 4.39. The van der Waals surface area contributed by atoms with Crippen molar-refractivity contribution in [1.29, 1.82) is 0 Å². The van der Waals surface area contributed by atoms with Crippen LogP contribution in [0.2, 0.25) is 0 Å². The minimum Gasteiger partial charge on any atom is -0.302 e.